The summed E-state index contributed by atoms with van der Waals surface area (Å²) in [6.07, 6.45) is 7.20. The van der Waals surface area contributed by atoms with E-state index in [2.05, 4.69) is 13.8 Å². The minimum absolute atomic E-state index is 0.137. The summed E-state index contributed by atoms with van der Waals surface area (Å²) in [4.78, 5) is 0. The summed E-state index contributed by atoms with van der Waals surface area (Å²) >= 11 is 0. The lowest BCUT2D eigenvalue weighted by Crippen LogP contribution is -2.33. The molecule has 0 saturated heterocycles. The molecule has 1 saturated carbocycles. The first-order valence-electron chi connectivity index (χ1n) is 6.33. The zero-order valence-electron chi connectivity index (χ0n) is 10.2. The molecule has 0 aromatic rings. The van der Waals surface area contributed by atoms with Gasteiger partial charge in [0.1, 0.15) is 0 Å². The zero-order chi connectivity index (χ0) is 11.3. The second-order valence-electron chi connectivity index (χ2n) is 5.77. The lowest BCUT2D eigenvalue weighted by atomic mass is 9.74. The summed E-state index contributed by atoms with van der Waals surface area (Å²) in [7, 11) is 0. The summed E-state index contributed by atoms with van der Waals surface area (Å²) in [5.74, 6) is 1.29. The predicted molar refractivity (Wildman–Crippen MR) is 62.6 cm³/mol. The second-order valence-corrected chi connectivity index (χ2v) is 5.77. The average Bonchev–Trinajstić information content (AvgIpc) is 2.68. The third kappa shape index (κ3) is 3.76. The van der Waals surface area contributed by atoms with Crippen LogP contribution in [0.2, 0.25) is 0 Å². The molecule has 1 rings (SSSR count). The van der Waals surface area contributed by atoms with Crippen LogP contribution in [0.1, 0.15) is 52.4 Å². The molecule has 1 fully saturated rings. The van der Waals surface area contributed by atoms with Gasteiger partial charge < -0.3 is 10.2 Å². The highest BCUT2D eigenvalue weighted by atomic mass is 16.3. The van der Waals surface area contributed by atoms with E-state index < -0.39 is 0 Å². The lowest BCUT2D eigenvalue weighted by molar-refractivity contribution is 0.0168. The van der Waals surface area contributed by atoms with Crippen molar-refractivity contribution in [2.75, 3.05) is 13.2 Å². The van der Waals surface area contributed by atoms with Gasteiger partial charge in [-0.05, 0) is 24.7 Å². The zero-order valence-corrected chi connectivity index (χ0v) is 10.2. The normalized spacial score (nSPS) is 19.0. The summed E-state index contributed by atoms with van der Waals surface area (Å²) in [5, 5.41) is 19.1. The van der Waals surface area contributed by atoms with Gasteiger partial charge in [-0.1, -0.05) is 39.5 Å². The fraction of sp³-hybridized carbons (Fsp3) is 1.00. The van der Waals surface area contributed by atoms with E-state index in [1.165, 1.54) is 25.7 Å². The van der Waals surface area contributed by atoms with Crippen molar-refractivity contribution in [1.29, 1.82) is 0 Å². The third-order valence-corrected chi connectivity index (χ3v) is 3.71. The number of hydrogen-bond acceptors (Lipinski definition) is 2. The van der Waals surface area contributed by atoms with Gasteiger partial charge >= 0.3 is 0 Å². The van der Waals surface area contributed by atoms with Crippen LogP contribution in [0.15, 0.2) is 0 Å². The minimum Gasteiger partial charge on any atom is -0.396 e. The molecule has 90 valence electrons. The molecule has 0 aromatic carbocycles. The van der Waals surface area contributed by atoms with Gasteiger partial charge in [0.2, 0.25) is 0 Å². The van der Waals surface area contributed by atoms with Crippen LogP contribution in [0.25, 0.3) is 0 Å². The molecule has 0 atom stereocenters. The molecule has 2 nitrogen and oxygen atoms in total. The van der Waals surface area contributed by atoms with Crippen LogP contribution < -0.4 is 0 Å². The fourth-order valence-electron chi connectivity index (χ4n) is 3.08. The molecule has 0 spiro atoms. The van der Waals surface area contributed by atoms with Crippen LogP contribution in [0.5, 0.6) is 0 Å². The summed E-state index contributed by atoms with van der Waals surface area (Å²) in [5.41, 5.74) is -0.219. The highest BCUT2D eigenvalue weighted by molar-refractivity contribution is 4.84. The van der Waals surface area contributed by atoms with Gasteiger partial charge in [0, 0.05) is 5.41 Å². The van der Waals surface area contributed by atoms with E-state index >= 15 is 0 Å². The van der Waals surface area contributed by atoms with Gasteiger partial charge in [-0.15, -0.1) is 0 Å². The molecule has 0 amide bonds. The number of aliphatic hydroxyl groups is 2. The van der Waals surface area contributed by atoms with Gasteiger partial charge in [0.15, 0.2) is 0 Å². The van der Waals surface area contributed by atoms with E-state index in [1.807, 2.05) is 0 Å². The Kier molecular flexibility index (Phi) is 5.07. The van der Waals surface area contributed by atoms with Crippen LogP contribution in [-0.2, 0) is 0 Å². The van der Waals surface area contributed by atoms with Crippen LogP contribution in [0.3, 0.4) is 0 Å². The van der Waals surface area contributed by atoms with E-state index in [0.29, 0.717) is 5.92 Å². The first kappa shape index (κ1) is 13.0. The third-order valence-electron chi connectivity index (χ3n) is 3.71. The Morgan fingerprint density at radius 1 is 1.13 bits per heavy atom. The number of rotatable bonds is 6. The standard InChI is InChI=1S/C13H26O2/c1-11(2)7-13(9-14,10-15)8-12-5-3-4-6-12/h11-12,14-15H,3-10H2,1-2H3. The van der Waals surface area contributed by atoms with E-state index in [4.69, 9.17) is 0 Å². The Labute approximate surface area is 93.7 Å². The van der Waals surface area contributed by atoms with Gasteiger partial charge in [-0.2, -0.15) is 0 Å². The summed E-state index contributed by atoms with van der Waals surface area (Å²) < 4.78 is 0. The maximum Gasteiger partial charge on any atom is 0.0509 e. The molecular weight excluding hydrogens is 188 g/mol. The van der Waals surface area contributed by atoms with Crippen molar-refractivity contribution in [1.82, 2.24) is 0 Å². The van der Waals surface area contributed by atoms with Crippen LogP contribution in [0, 0.1) is 17.3 Å². The Morgan fingerprint density at radius 2 is 1.67 bits per heavy atom. The molecule has 0 aliphatic heterocycles. The second kappa shape index (κ2) is 5.86. The smallest absolute Gasteiger partial charge is 0.0509 e. The predicted octanol–water partition coefficient (Wildman–Crippen LogP) is 2.58. The van der Waals surface area contributed by atoms with Crippen molar-refractivity contribution < 1.29 is 10.2 Å². The van der Waals surface area contributed by atoms with E-state index in [9.17, 15) is 10.2 Å². The SMILES string of the molecule is CC(C)CC(CO)(CO)CC1CCCC1. The molecular formula is C13H26O2. The number of hydrogen-bond donors (Lipinski definition) is 2. The van der Waals surface area contributed by atoms with Crippen molar-refractivity contribution in [2.45, 2.75) is 52.4 Å². The number of aliphatic hydroxyl groups excluding tert-OH is 2. The topological polar surface area (TPSA) is 40.5 Å². The largest absolute Gasteiger partial charge is 0.396 e. The maximum atomic E-state index is 9.53. The molecule has 0 unspecified atom stereocenters. The lowest BCUT2D eigenvalue weighted by Gasteiger charge is -2.34. The van der Waals surface area contributed by atoms with Gasteiger partial charge in [0.25, 0.3) is 0 Å². The maximum absolute atomic E-state index is 9.53. The molecule has 0 aromatic heterocycles. The molecule has 0 radical (unpaired) electrons. The molecule has 2 heteroatoms. The van der Waals surface area contributed by atoms with Crippen molar-refractivity contribution >= 4 is 0 Å². The summed E-state index contributed by atoms with van der Waals surface area (Å²) in [6.45, 7) is 4.60. The average molecular weight is 214 g/mol. The summed E-state index contributed by atoms with van der Waals surface area (Å²) in [6, 6.07) is 0. The molecule has 1 aliphatic carbocycles. The fourth-order valence-corrected chi connectivity index (χ4v) is 3.08. The van der Waals surface area contributed by atoms with Gasteiger partial charge in [0.05, 0.1) is 13.2 Å². The highest BCUT2D eigenvalue weighted by Crippen LogP contribution is 2.39. The quantitative estimate of drug-likeness (QED) is 0.713. The van der Waals surface area contributed by atoms with E-state index in [1.54, 1.807) is 0 Å². The highest BCUT2D eigenvalue weighted by Gasteiger charge is 2.33. The molecule has 2 N–H and O–H groups in total. The molecule has 0 heterocycles. The first-order valence-corrected chi connectivity index (χ1v) is 6.33. The van der Waals surface area contributed by atoms with Gasteiger partial charge in [-0.25, -0.2) is 0 Å². The van der Waals surface area contributed by atoms with E-state index in [0.717, 1.165) is 18.8 Å². The Morgan fingerprint density at radius 3 is 2.07 bits per heavy atom. The van der Waals surface area contributed by atoms with Crippen molar-refractivity contribution in [3.05, 3.63) is 0 Å². The molecule has 0 bridgehead atoms. The van der Waals surface area contributed by atoms with Crippen molar-refractivity contribution in [2.24, 2.45) is 17.3 Å². The van der Waals surface area contributed by atoms with Crippen LogP contribution in [0.4, 0.5) is 0 Å². The van der Waals surface area contributed by atoms with Crippen LogP contribution in [-0.4, -0.2) is 23.4 Å². The molecule has 15 heavy (non-hydrogen) atoms. The van der Waals surface area contributed by atoms with Crippen molar-refractivity contribution in [3.63, 3.8) is 0 Å². The first-order chi connectivity index (χ1) is 7.12. The Balaban J connectivity index is 2.53. The minimum atomic E-state index is -0.219. The van der Waals surface area contributed by atoms with Crippen molar-refractivity contribution in [3.8, 4) is 0 Å². The van der Waals surface area contributed by atoms with Gasteiger partial charge in [-0.3, -0.25) is 0 Å². The monoisotopic (exact) mass is 214 g/mol. The van der Waals surface area contributed by atoms with Crippen LogP contribution >= 0.6 is 0 Å². The molecule has 1 aliphatic rings. The Hall–Kier alpha value is -0.0800. The van der Waals surface area contributed by atoms with E-state index in [-0.39, 0.29) is 18.6 Å². The Bertz CT molecular complexity index is 167.